The lowest BCUT2D eigenvalue weighted by Gasteiger charge is -2.21. The zero-order valence-corrected chi connectivity index (χ0v) is 13.0. The van der Waals surface area contributed by atoms with Crippen LogP contribution in [0.2, 0.25) is 0 Å². The van der Waals surface area contributed by atoms with Gasteiger partial charge in [-0.2, -0.15) is 0 Å². The van der Waals surface area contributed by atoms with E-state index in [1.54, 1.807) is 54.9 Å². The molecule has 2 N–H and O–H groups in total. The maximum atomic E-state index is 12.6. The fourth-order valence-electron chi connectivity index (χ4n) is 2.04. The highest BCUT2D eigenvalue weighted by Crippen LogP contribution is 2.16. The number of rotatable bonds is 3. The molecule has 0 saturated carbocycles. The van der Waals surface area contributed by atoms with Gasteiger partial charge >= 0.3 is 12.1 Å². The molecule has 0 radical (unpaired) electrons. The molecule has 0 atom stereocenters. The molecule has 0 aliphatic heterocycles. The van der Waals surface area contributed by atoms with Gasteiger partial charge in [0.2, 0.25) is 0 Å². The van der Waals surface area contributed by atoms with E-state index in [0.29, 0.717) is 17.2 Å². The number of carbonyl (C=O) groups excluding carboxylic acids is 2. The fourth-order valence-corrected chi connectivity index (χ4v) is 2.04. The van der Waals surface area contributed by atoms with Crippen LogP contribution < -0.4 is 15.5 Å². The van der Waals surface area contributed by atoms with E-state index >= 15 is 0 Å². The Labute approximate surface area is 143 Å². The van der Waals surface area contributed by atoms with Gasteiger partial charge in [-0.15, -0.1) is 0 Å². The number of hydrogen-bond acceptors (Lipinski definition) is 5. The van der Waals surface area contributed by atoms with Crippen molar-refractivity contribution in [3.8, 4) is 0 Å². The lowest BCUT2D eigenvalue weighted by atomic mass is 10.3. The van der Waals surface area contributed by atoms with Crippen LogP contribution in [-0.4, -0.2) is 27.0 Å². The van der Waals surface area contributed by atoms with Crippen molar-refractivity contribution in [3.05, 3.63) is 73.4 Å². The van der Waals surface area contributed by atoms with Gasteiger partial charge in [0, 0.05) is 24.8 Å². The molecule has 25 heavy (non-hydrogen) atoms. The van der Waals surface area contributed by atoms with Gasteiger partial charge < -0.3 is 5.32 Å². The van der Waals surface area contributed by atoms with Gasteiger partial charge in [0.15, 0.2) is 0 Å². The number of aromatic nitrogens is 3. The second kappa shape index (κ2) is 7.64. The van der Waals surface area contributed by atoms with Crippen molar-refractivity contribution in [2.45, 2.75) is 0 Å². The predicted octanol–water partition coefficient (Wildman–Crippen LogP) is 3.14. The first-order valence-corrected chi connectivity index (χ1v) is 7.37. The van der Waals surface area contributed by atoms with Crippen LogP contribution in [0.1, 0.15) is 0 Å². The van der Waals surface area contributed by atoms with Crippen molar-refractivity contribution in [1.82, 2.24) is 15.0 Å². The number of amides is 4. The molecule has 0 saturated heterocycles. The molecule has 3 aromatic heterocycles. The zero-order valence-electron chi connectivity index (χ0n) is 13.0. The molecule has 0 unspecified atom stereocenters. The Kier molecular flexibility index (Phi) is 4.91. The summed E-state index contributed by atoms with van der Waals surface area (Å²) < 4.78 is 0. The summed E-state index contributed by atoms with van der Waals surface area (Å²) in [4.78, 5) is 38.1. The Bertz CT molecular complexity index is 789. The Morgan fingerprint density at radius 2 is 1.60 bits per heavy atom. The van der Waals surface area contributed by atoms with E-state index < -0.39 is 12.1 Å². The van der Waals surface area contributed by atoms with E-state index in [4.69, 9.17) is 0 Å². The summed E-state index contributed by atoms with van der Waals surface area (Å²) in [5.74, 6) is 0.334. The van der Waals surface area contributed by atoms with Crippen molar-refractivity contribution >= 4 is 29.3 Å². The largest absolute Gasteiger partial charge is 0.335 e. The normalized spacial score (nSPS) is 9.92. The van der Waals surface area contributed by atoms with Crippen molar-refractivity contribution in [3.63, 3.8) is 0 Å². The average molecular weight is 334 g/mol. The van der Waals surface area contributed by atoms with E-state index in [9.17, 15) is 9.59 Å². The van der Waals surface area contributed by atoms with Gasteiger partial charge in [0.25, 0.3) is 0 Å². The Morgan fingerprint density at radius 3 is 2.28 bits per heavy atom. The summed E-state index contributed by atoms with van der Waals surface area (Å²) in [5, 5.41) is 5.22. The van der Waals surface area contributed by atoms with E-state index in [1.165, 1.54) is 18.6 Å². The van der Waals surface area contributed by atoms with Gasteiger partial charge in [0.05, 0.1) is 17.6 Å². The third kappa shape index (κ3) is 4.14. The molecule has 8 heteroatoms. The van der Waals surface area contributed by atoms with Crippen molar-refractivity contribution in [2.75, 3.05) is 15.5 Å². The maximum Gasteiger partial charge on any atom is 0.335 e. The van der Waals surface area contributed by atoms with Crippen LogP contribution >= 0.6 is 0 Å². The van der Waals surface area contributed by atoms with Crippen LogP contribution in [-0.2, 0) is 0 Å². The SMILES string of the molecule is O=C(Nc1cccnc1)N(C(=O)Nc1ccccn1)c1ccncc1. The number of carbonyl (C=O) groups is 2. The molecule has 0 spiro atoms. The topological polar surface area (TPSA) is 100 Å². The standard InChI is InChI=1S/C17H14N6O2/c24-16(21-13-4-3-8-19-12-13)23(14-6-10-18-11-7-14)17(25)22-15-5-1-2-9-20-15/h1-12H,(H,21,24)(H,20,22,25). The van der Waals surface area contributed by atoms with Crippen LogP contribution in [0.4, 0.5) is 26.8 Å². The van der Waals surface area contributed by atoms with Crippen LogP contribution in [0.3, 0.4) is 0 Å². The summed E-state index contributed by atoms with van der Waals surface area (Å²) in [6, 6.07) is 10.3. The minimum Gasteiger partial charge on any atom is -0.306 e. The Balaban J connectivity index is 1.85. The van der Waals surface area contributed by atoms with E-state index in [0.717, 1.165) is 4.90 Å². The van der Waals surface area contributed by atoms with E-state index in [1.807, 2.05) is 0 Å². The minimum absolute atomic E-state index is 0.334. The number of nitrogens with one attached hydrogen (secondary N) is 2. The molecule has 0 aliphatic carbocycles. The number of imide groups is 1. The summed E-state index contributed by atoms with van der Waals surface area (Å²) in [7, 11) is 0. The number of pyridine rings is 3. The summed E-state index contributed by atoms with van der Waals surface area (Å²) >= 11 is 0. The van der Waals surface area contributed by atoms with Crippen molar-refractivity contribution < 1.29 is 9.59 Å². The molecule has 4 amide bonds. The number of hydrogen-bond donors (Lipinski definition) is 2. The van der Waals surface area contributed by atoms with Crippen LogP contribution in [0.25, 0.3) is 0 Å². The zero-order chi connectivity index (χ0) is 17.5. The van der Waals surface area contributed by atoms with E-state index in [-0.39, 0.29) is 0 Å². The third-order valence-corrected chi connectivity index (χ3v) is 3.14. The average Bonchev–Trinajstić information content (AvgIpc) is 2.64. The molecular weight excluding hydrogens is 320 g/mol. The second-order valence-electron chi connectivity index (χ2n) is 4.86. The predicted molar refractivity (Wildman–Crippen MR) is 93.2 cm³/mol. The monoisotopic (exact) mass is 334 g/mol. The smallest absolute Gasteiger partial charge is 0.306 e. The molecule has 0 aromatic carbocycles. The van der Waals surface area contributed by atoms with Gasteiger partial charge in [-0.3, -0.25) is 15.3 Å². The van der Waals surface area contributed by atoms with Crippen LogP contribution in [0.5, 0.6) is 0 Å². The second-order valence-corrected chi connectivity index (χ2v) is 4.86. The van der Waals surface area contributed by atoms with Gasteiger partial charge in [-0.1, -0.05) is 6.07 Å². The third-order valence-electron chi connectivity index (χ3n) is 3.14. The highest BCUT2D eigenvalue weighted by atomic mass is 16.2. The maximum absolute atomic E-state index is 12.6. The number of anilines is 3. The molecule has 3 heterocycles. The van der Waals surface area contributed by atoms with Crippen molar-refractivity contribution in [2.24, 2.45) is 0 Å². The first kappa shape index (κ1) is 16.1. The van der Waals surface area contributed by atoms with Crippen LogP contribution in [0, 0.1) is 0 Å². The molecule has 3 aromatic rings. The van der Waals surface area contributed by atoms with Crippen LogP contribution in [0.15, 0.2) is 73.4 Å². The van der Waals surface area contributed by atoms with Gasteiger partial charge in [-0.25, -0.2) is 19.5 Å². The molecule has 0 fully saturated rings. The quantitative estimate of drug-likeness (QED) is 0.766. The molecule has 0 aliphatic rings. The first-order valence-electron chi connectivity index (χ1n) is 7.37. The fraction of sp³-hybridized carbons (Fsp3) is 0. The minimum atomic E-state index is -0.647. The summed E-state index contributed by atoms with van der Waals surface area (Å²) in [5.41, 5.74) is 0.835. The molecule has 8 nitrogen and oxygen atoms in total. The number of urea groups is 2. The lowest BCUT2D eigenvalue weighted by molar-refractivity contribution is 0.246. The van der Waals surface area contributed by atoms with Gasteiger partial charge in [0.1, 0.15) is 5.82 Å². The Hall–Kier alpha value is -3.81. The Morgan fingerprint density at radius 1 is 0.800 bits per heavy atom. The first-order chi connectivity index (χ1) is 12.2. The lowest BCUT2D eigenvalue weighted by Crippen LogP contribution is -2.43. The highest BCUT2D eigenvalue weighted by molar-refractivity contribution is 6.21. The summed E-state index contributed by atoms with van der Waals surface area (Å²) in [6.45, 7) is 0. The number of nitrogens with zero attached hydrogens (tertiary/aromatic N) is 4. The molecule has 124 valence electrons. The van der Waals surface area contributed by atoms with Gasteiger partial charge in [-0.05, 0) is 36.4 Å². The van der Waals surface area contributed by atoms with E-state index in [2.05, 4.69) is 25.6 Å². The molecule has 0 bridgehead atoms. The molecule has 3 rings (SSSR count). The highest BCUT2D eigenvalue weighted by Gasteiger charge is 2.24. The summed E-state index contributed by atoms with van der Waals surface area (Å²) in [6.07, 6.45) is 7.60. The molecular formula is C17H14N6O2. The van der Waals surface area contributed by atoms with Crippen molar-refractivity contribution in [1.29, 1.82) is 0 Å².